The maximum atomic E-state index is 13.1. The van der Waals surface area contributed by atoms with Crippen molar-refractivity contribution in [1.82, 2.24) is 14.6 Å². The number of nitrogens with zero attached hydrogens (tertiary/aromatic N) is 2. The molecule has 0 spiro atoms. The van der Waals surface area contributed by atoms with E-state index in [0.29, 0.717) is 34.6 Å². The maximum Gasteiger partial charge on any atom is 0.410 e. The van der Waals surface area contributed by atoms with Gasteiger partial charge in [-0.1, -0.05) is 12.1 Å². The smallest absolute Gasteiger partial charge is 0.410 e. The third-order valence-electron chi connectivity index (χ3n) is 4.33. The summed E-state index contributed by atoms with van der Waals surface area (Å²) >= 11 is 3.38. The standard InChI is InChI=1S/C21H30BrN3O5S/c1-15(14-25(10-5-6-11-26)20(27)30-21(2,3)4)24-31(28,29)18-9-7-8-16-12-23-13-17(22)19(16)18/h7-9,12-13,15,24,26H,5-6,10-11,14H2,1-4H3/t15-/m0/s1. The topological polar surface area (TPSA) is 109 Å². The Kier molecular flexibility index (Phi) is 8.82. The number of pyridine rings is 1. The van der Waals surface area contributed by atoms with Crippen LogP contribution in [-0.4, -0.2) is 60.8 Å². The zero-order valence-electron chi connectivity index (χ0n) is 18.3. The minimum absolute atomic E-state index is 0.0230. The molecule has 2 N–H and O–H groups in total. The number of sulfonamides is 1. The molecule has 31 heavy (non-hydrogen) atoms. The largest absolute Gasteiger partial charge is 0.444 e. The van der Waals surface area contributed by atoms with Crippen LogP contribution in [0.5, 0.6) is 0 Å². The van der Waals surface area contributed by atoms with E-state index in [1.54, 1.807) is 52.2 Å². The number of hydrogen-bond acceptors (Lipinski definition) is 6. The van der Waals surface area contributed by atoms with Gasteiger partial charge in [0.2, 0.25) is 10.0 Å². The van der Waals surface area contributed by atoms with Crippen molar-refractivity contribution in [2.75, 3.05) is 19.7 Å². The highest BCUT2D eigenvalue weighted by Crippen LogP contribution is 2.29. The average Bonchev–Trinajstić information content (AvgIpc) is 2.65. The molecule has 0 saturated carbocycles. The lowest BCUT2D eigenvalue weighted by molar-refractivity contribution is 0.0233. The Labute approximate surface area is 192 Å². The number of aromatic nitrogens is 1. The second kappa shape index (κ2) is 10.7. The molecule has 0 radical (unpaired) electrons. The fraction of sp³-hybridized carbons (Fsp3) is 0.524. The molecule has 2 rings (SSSR count). The zero-order valence-corrected chi connectivity index (χ0v) is 20.7. The van der Waals surface area contributed by atoms with Gasteiger partial charge in [-0.15, -0.1) is 0 Å². The molecule has 1 amide bonds. The molecule has 1 aromatic heterocycles. The van der Waals surface area contributed by atoms with Crippen LogP contribution in [0.15, 0.2) is 40.0 Å². The number of ether oxygens (including phenoxy) is 1. The molecule has 1 heterocycles. The van der Waals surface area contributed by atoms with Crippen LogP contribution >= 0.6 is 15.9 Å². The van der Waals surface area contributed by atoms with E-state index in [4.69, 9.17) is 9.84 Å². The highest BCUT2D eigenvalue weighted by Gasteiger charge is 2.26. The Morgan fingerprint density at radius 3 is 2.65 bits per heavy atom. The van der Waals surface area contributed by atoms with Crippen molar-refractivity contribution >= 4 is 42.8 Å². The van der Waals surface area contributed by atoms with E-state index in [9.17, 15) is 13.2 Å². The highest BCUT2D eigenvalue weighted by atomic mass is 79.9. The van der Waals surface area contributed by atoms with Crippen LogP contribution < -0.4 is 4.72 Å². The third kappa shape index (κ3) is 7.41. The number of hydrogen-bond donors (Lipinski definition) is 2. The van der Waals surface area contributed by atoms with Crippen LogP contribution in [0.4, 0.5) is 4.79 Å². The first-order valence-electron chi connectivity index (χ1n) is 10.1. The lowest BCUT2D eigenvalue weighted by Crippen LogP contribution is -2.46. The molecule has 0 aliphatic heterocycles. The van der Waals surface area contributed by atoms with Gasteiger partial charge in [0, 0.05) is 53.4 Å². The molecule has 10 heteroatoms. The summed E-state index contributed by atoms with van der Waals surface area (Å²) in [6.45, 7) is 7.53. The Morgan fingerprint density at radius 2 is 2.00 bits per heavy atom. The third-order valence-corrected chi connectivity index (χ3v) is 6.56. The first-order chi connectivity index (χ1) is 14.4. The van der Waals surface area contributed by atoms with E-state index in [-0.39, 0.29) is 18.0 Å². The summed E-state index contributed by atoms with van der Waals surface area (Å²) in [6, 6.07) is 4.43. The Balaban J connectivity index is 2.21. The van der Waals surface area contributed by atoms with Gasteiger partial charge in [-0.05, 0) is 62.5 Å². The number of halogens is 1. The van der Waals surface area contributed by atoms with Crippen LogP contribution in [0, 0.1) is 0 Å². The molecule has 0 unspecified atom stereocenters. The second-order valence-electron chi connectivity index (χ2n) is 8.35. The van der Waals surface area contributed by atoms with Gasteiger partial charge in [0.1, 0.15) is 5.60 Å². The predicted molar refractivity (Wildman–Crippen MR) is 123 cm³/mol. The molecule has 172 valence electrons. The molecule has 0 bridgehead atoms. The summed E-state index contributed by atoms with van der Waals surface area (Å²) in [6.07, 6.45) is 3.76. The fourth-order valence-electron chi connectivity index (χ4n) is 3.08. The summed E-state index contributed by atoms with van der Waals surface area (Å²) in [5.41, 5.74) is -0.668. The second-order valence-corrected chi connectivity index (χ2v) is 10.9. The molecule has 0 aliphatic rings. The molecule has 0 aliphatic carbocycles. The molecule has 1 atom stereocenters. The number of unbranched alkanes of at least 4 members (excludes halogenated alkanes) is 1. The van der Waals surface area contributed by atoms with Gasteiger partial charge < -0.3 is 14.7 Å². The summed E-state index contributed by atoms with van der Waals surface area (Å²) in [4.78, 5) is 18.3. The number of aliphatic hydroxyl groups is 1. The van der Waals surface area contributed by atoms with Crippen LogP contribution in [-0.2, 0) is 14.8 Å². The van der Waals surface area contributed by atoms with Crippen molar-refractivity contribution in [3.8, 4) is 0 Å². The van der Waals surface area contributed by atoms with E-state index in [1.165, 1.54) is 11.0 Å². The highest BCUT2D eigenvalue weighted by molar-refractivity contribution is 9.10. The van der Waals surface area contributed by atoms with Gasteiger partial charge in [0.25, 0.3) is 0 Å². The first-order valence-corrected chi connectivity index (χ1v) is 12.4. The number of amides is 1. The molecule has 1 aromatic carbocycles. The Morgan fingerprint density at radius 1 is 1.29 bits per heavy atom. The number of rotatable bonds is 9. The fourth-order valence-corrected chi connectivity index (χ4v) is 5.25. The van der Waals surface area contributed by atoms with Crippen molar-refractivity contribution in [1.29, 1.82) is 0 Å². The minimum atomic E-state index is -3.87. The number of aliphatic hydroxyl groups excluding tert-OH is 1. The van der Waals surface area contributed by atoms with Crippen molar-refractivity contribution in [3.63, 3.8) is 0 Å². The number of carbonyl (C=O) groups excluding carboxylic acids is 1. The van der Waals surface area contributed by atoms with Crippen molar-refractivity contribution in [3.05, 3.63) is 35.1 Å². The number of carbonyl (C=O) groups is 1. The summed E-state index contributed by atoms with van der Waals surface area (Å²) in [7, 11) is -3.87. The van der Waals surface area contributed by atoms with E-state index >= 15 is 0 Å². The van der Waals surface area contributed by atoms with Gasteiger partial charge >= 0.3 is 6.09 Å². The maximum absolute atomic E-state index is 13.1. The molecular formula is C21H30BrN3O5S. The van der Waals surface area contributed by atoms with Crippen molar-refractivity contribution in [2.45, 2.75) is 57.1 Å². The monoisotopic (exact) mass is 515 g/mol. The Bertz CT molecular complexity index is 1000. The van der Waals surface area contributed by atoms with E-state index in [1.807, 2.05) is 0 Å². The Hall–Kier alpha value is -1.75. The summed E-state index contributed by atoms with van der Waals surface area (Å²) in [5.74, 6) is 0. The van der Waals surface area contributed by atoms with Gasteiger partial charge in [0.15, 0.2) is 0 Å². The molecule has 0 fully saturated rings. The summed E-state index contributed by atoms with van der Waals surface area (Å²) < 4.78 is 35.0. The van der Waals surface area contributed by atoms with Crippen LogP contribution in [0.1, 0.15) is 40.5 Å². The predicted octanol–water partition coefficient (Wildman–Crippen LogP) is 3.67. The van der Waals surface area contributed by atoms with Crippen LogP contribution in [0.3, 0.4) is 0 Å². The van der Waals surface area contributed by atoms with E-state index in [0.717, 1.165) is 0 Å². The first kappa shape index (κ1) is 25.5. The number of nitrogens with one attached hydrogen (secondary N) is 1. The number of fused-ring (bicyclic) bond motifs is 1. The minimum Gasteiger partial charge on any atom is -0.444 e. The normalized spacial score (nSPS) is 13.2. The van der Waals surface area contributed by atoms with Crippen molar-refractivity contribution in [2.24, 2.45) is 0 Å². The van der Waals surface area contributed by atoms with Crippen molar-refractivity contribution < 1.29 is 23.1 Å². The van der Waals surface area contributed by atoms with Gasteiger partial charge in [-0.2, -0.15) is 0 Å². The molecule has 2 aromatic rings. The van der Waals surface area contributed by atoms with Gasteiger partial charge in [-0.3, -0.25) is 4.98 Å². The van der Waals surface area contributed by atoms with E-state index in [2.05, 4.69) is 25.6 Å². The SMILES string of the molecule is C[C@@H](CN(CCCCO)C(=O)OC(C)(C)C)NS(=O)(=O)c1cccc2cncc(Br)c12. The van der Waals surface area contributed by atoms with Crippen LogP contribution in [0.25, 0.3) is 10.8 Å². The average molecular weight is 516 g/mol. The zero-order chi connectivity index (χ0) is 23.2. The summed E-state index contributed by atoms with van der Waals surface area (Å²) in [5, 5.41) is 10.3. The number of benzene rings is 1. The molecule has 0 saturated heterocycles. The van der Waals surface area contributed by atoms with Crippen LogP contribution in [0.2, 0.25) is 0 Å². The quantitative estimate of drug-likeness (QED) is 0.493. The lowest BCUT2D eigenvalue weighted by Gasteiger charge is -2.29. The van der Waals surface area contributed by atoms with Gasteiger partial charge in [-0.25, -0.2) is 17.9 Å². The molecule has 8 nitrogen and oxygen atoms in total. The molecular weight excluding hydrogens is 486 g/mol. The van der Waals surface area contributed by atoms with E-state index < -0.39 is 27.8 Å². The lowest BCUT2D eigenvalue weighted by atomic mass is 10.2. The van der Waals surface area contributed by atoms with Gasteiger partial charge in [0.05, 0.1) is 4.90 Å².